The number of carbonyl (C=O) groups is 2. The number of carboxylic acid groups (broad SMARTS) is 2. The first-order valence-corrected chi connectivity index (χ1v) is 12.8. The SMILES string of the molecule is O=C(O)CN1CCN(CP(=O)(O)O)CCN(CC(=O)O)CCN(CP(=O)(O)O)CC1.[Y+3]. The van der Waals surface area contributed by atoms with Gasteiger partial charge in [0.1, 0.15) is 12.6 Å². The van der Waals surface area contributed by atoms with E-state index in [-0.39, 0.29) is 98.2 Å². The van der Waals surface area contributed by atoms with E-state index in [9.17, 15) is 38.3 Å². The van der Waals surface area contributed by atoms with Gasteiger partial charge in [0.25, 0.3) is 0 Å². The summed E-state index contributed by atoms with van der Waals surface area (Å²) in [6.07, 6.45) is -1.09. The Morgan fingerprint density at radius 3 is 1.00 bits per heavy atom. The molecule has 1 rings (SSSR count). The molecule has 31 heavy (non-hydrogen) atoms. The summed E-state index contributed by atoms with van der Waals surface area (Å²) < 4.78 is 22.9. The van der Waals surface area contributed by atoms with Gasteiger partial charge in [0.15, 0.2) is 0 Å². The minimum absolute atomic E-state index is 0. The zero-order valence-electron chi connectivity index (χ0n) is 17.1. The van der Waals surface area contributed by atoms with Gasteiger partial charge in [0, 0.05) is 52.4 Å². The van der Waals surface area contributed by atoms with E-state index < -0.39 is 39.7 Å². The monoisotopic (exact) mass is 565 g/mol. The molecule has 0 amide bonds. The van der Waals surface area contributed by atoms with Gasteiger partial charge in [0.2, 0.25) is 0 Å². The molecule has 1 aliphatic heterocycles. The van der Waals surface area contributed by atoms with E-state index in [1.807, 2.05) is 0 Å². The van der Waals surface area contributed by atoms with Crippen LogP contribution in [0.2, 0.25) is 0 Å². The third-order valence-corrected chi connectivity index (χ3v) is 5.95. The van der Waals surface area contributed by atoms with Crippen LogP contribution in [-0.2, 0) is 51.4 Å². The van der Waals surface area contributed by atoms with Crippen molar-refractivity contribution < 1.29 is 81.2 Å². The van der Waals surface area contributed by atoms with Crippen molar-refractivity contribution in [1.29, 1.82) is 0 Å². The number of hydrogen-bond donors (Lipinski definition) is 6. The molecule has 1 fully saturated rings. The third kappa shape index (κ3) is 16.4. The van der Waals surface area contributed by atoms with E-state index in [0.717, 1.165) is 0 Å². The van der Waals surface area contributed by atoms with Crippen LogP contribution in [0.4, 0.5) is 0 Å². The fourth-order valence-corrected chi connectivity index (χ4v) is 4.69. The van der Waals surface area contributed by atoms with Crippen molar-refractivity contribution in [2.45, 2.75) is 0 Å². The van der Waals surface area contributed by atoms with Gasteiger partial charge in [-0.2, -0.15) is 0 Å². The smallest absolute Gasteiger partial charge is 0.480 e. The number of carboxylic acids is 2. The van der Waals surface area contributed by atoms with Crippen LogP contribution in [0.5, 0.6) is 0 Å². The molecular weight excluding hydrogens is 535 g/mol. The molecule has 0 saturated carbocycles. The number of rotatable bonds is 8. The minimum Gasteiger partial charge on any atom is -0.480 e. The summed E-state index contributed by atoms with van der Waals surface area (Å²) in [4.78, 5) is 65.4. The molecule has 0 aromatic carbocycles. The Morgan fingerprint density at radius 2 is 0.806 bits per heavy atom. The molecule has 176 valence electrons. The summed E-state index contributed by atoms with van der Waals surface area (Å²) in [7, 11) is -8.76. The minimum atomic E-state index is -4.38. The summed E-state index contributed by atoms with van der Waals surface area (Å²) in [6, 6.07) is 0. The largest absolute Gasteiger partial charge is 3.00 e. The standard InChI is InChI=1S/C14H30N4O10P2.Y/c19-13(20)9-15-1-5-17(11-29(23,24)25)7-3-16(10-14(21)22)4-8-18(6-2-15)12-30(26,27)28;/h1-12H2,(H,19,20)(H,21,22)(H2,23,24,25)(H2,26,27,28);/q;+3. The molecule has 0 aromatic heterocycles. The summed E-state index contributed by atoms with van der Waals surface area (Å²) in [5.74, 6) is -2.20. The Kier molecular flexibility index (Phi) is 14.5. The number of aliphatic carboxylic acids is 2. The van der Waals surface area contributed by atoms with Gasteiger partial charge >= 0.3 is 59.8 Å². The fraction of sp³-hybridized carbons (Fsp3) is 0.857. The van der Waals surface area contributed by atoms with Gasteiger partial charge in [0.05, 0.1) is 13.1 Å². The van der Waals surface area contributed by atoms with Gasteiger partial charge in [-0.1, -0.05) is 0 Å². The first kappa shape index (κ1) is 31.2. The Morgan fingerprint density at radius 1 is 0.581 bits per heavy atom. The zero-order valence-corrected chi connectivity index (χ0v) is 21.7. The molecule has 0 bridgehead atoms. The first-order valence-electron chi connectivity index (χ1n) is 9.15. The van der Waals surface area contributed by atoms with Crippen LogP contribution in [0.3, 0.4) is 0 Å². The predicted octanol–water partition coefficient (Wildman–Crippen LogP) is -2.35. The Labute approximate surface area is 205 Å². The number of hydrogen-bond acceptors (Lipinski definition) is 8. The summed E-state index contributed by atoms with van der Waals surface area (Å²) in [5, 5.41) is 18.2. The third-order valence-electron chi connectivity index (χ3n) is 4.42. The maximum atomic E-state index is 11.4. The van der Waals surface area contributed by atoms with E-state index in [2.05, 4.69) is 0 Å². The van der Waals surface area contributed by atoms with E-state index in [4.69, 9.17) is 10.2 Å². The topological polar surface area (TPSA) is 203 Å². The molecule has 0 atom stereocenters. The van der Waals surface area contributed by atoms with Crippen molar-refractivity contribution in [3.8, 4) is 0 Å². The van der Waals surface area contributed by atoms with Crippen LogP contribution in [0.25, 0.3) is 0 Å². The molecule has 1 saturated heterocycles. The van der Waals surface area contributed by atoms with Crippen molar-refractivity contribution in [1.82, 2.24) is 19.6 Å². The second kappa shape index (κ2) is 14.4. The molecule has 0 unspecified atom stereocenters. The van der Waals surface area contributed by atoms with E-state index in [1.165, 1.54) is 19.6 Å². The van der Waals surface area contributed by atoms with Crippen LogP contribution in [0.1, 0.15) is 0 Å². The molecule has 6 N–H and O–H groups in total. The van der Waals surface area contributed by atoms with E-state index in [0.29, 0.717) is 0 Å². The van der Waals surface area contributed by atoms with Crippen molar-refractivity contribution >= 4 is 27.1 Å². The Balaban J connectivity index is 0.00000900. The Hall–Kier alpha value is 0.184. The van der Waals surface area contributed by atoms with Crippen molar-refractivity contribution in [2.75, 3.05) is 78.0 Å². The molecule has 0 aliphatic carbocycles. The average molecular weight is 565 g/mol. The van der Waals surface area contributed by atoms with Gasteiger partial charge in [-0.05, 0) is 0 Å². The molecule has 0 radical (unpaired) electrons. The summed E-state index contributed by atoms with van der Waals surface area (Å²) in [5.41, 5.74) is 0. The predicted molar refractivity (Wildman–Crippen MR) is 105 cm³/mol. The van der Waals surface area contributed by atoms with Crippen molar-refractivity contribution in [3.63, 3.8) is 0 Å². The second-order valence-electron chi connectivity index (χ2n) is 7.19. The molecule has 1 heterocycles. The van der Waals surface area contributed by atoms with Gasteiger partial charge in [-0.15, -0.1) is 0 Å². The summed E-state index contributed by atoms with van der Waals surface area (Å²) in [6.45, 7) is 0.524. The van der Waals surface area contributed by atoms with Gasteiger partial charge < -0.3 is 29.8 Å². The van der Waals surface area contributed by atoms with E-state index >= 15 is 0 Å². The second-order valence-corrected chi connectivity index (χ2v) is 10.4. The maximum Gasteiger partial charge on any atom is 3.00 e. The quantitative estimate of drug-likeness (QED) is 0.171. The molecular formula is C14H30N4O10P2Y+3. The molecule has 1 aliphatic rings. The van der Waals surface area contributed by atoms with Crippen LogP contribution in [0, 0.1) is 0 Å². The maximum absolute atomic E-state index is 11.4. The van der Waals surface area contributed by atoms with Crippen LogP contribution >= 0.6 is 15.2 Å². The Bertz CT molecular complexity index is 603. The van der Waals surface area contributed by atoms with Crippen molar-refractivity contribution in [2.24, 2.45) is 0 Å². The van der Waals surface area contributed by atoms with E-state index in [1.54, 1.807) is 0 Å². The van der Waals surface area contributed by atoms with Crippen molar-refractivity contribution in [3.05, 3.63) is 0 Å². The first-order chi connectivity index (χ1) is 13.7. The zero-order chi connectivity index (χ0) is 22.9. The van der Waals surface area contributed by atoms with Crippen LogP contribution < -0.4 is 0 Å². The molecule has 14 nitrogen and oxygen atoms in total. The van der Waals surface area contributed by atoms with Gasteiger partial charge in [-0.3, -0.25) is 38.3 Å². The summed E-state index contributed by atoms with van der Waals surface area (Å²) >= 11 is 0. The molecule has 0 spiro atoms. The molecule has 0 aromatic rings. The number of nitrogens with zero attached hydrogens (tertiary/aromatic N) is 4. The molecule has 17 heteroatoms. The van der Waals surface area contributed by atoms with Gasteiger partial charge in [-0.25, -0.2) is 0 Å². The fourth-order valence-electron chi connectivity index (χ4n) is 3.08. The van der Waals surface area contributed by atoms with Crippen LogP contribution in [-0.4, -0.2) is 139 Å². The normalized spacial score (nSPS) is 19.7. The average Bonchev–Trinajstić information content (AvgIpc) is 2.54. The van der Waals surface area contributed by atoms with Crippen LogP contribution in [0.15, 0.2) is 0 Å².